The van der Waals surface area contributed by atoms with E-state index in [1.165, 1.54) is 0 Å². The zero-order chi connectivity index (χ0) is 20.9. The van der Waals surface area contributed by atoms with E-state index in [2.05, 4.69) is 15.0 Å². The number of anilines is 1. The molecule has 1 saturated heterocycles. The molecule has 29 heavy (non-hydrogen) atoms. The van der Waals surface area contributed by atoms with Gasteiger partial charge < -0.3 is 9.80 Å². The molecule has 4 rings (SSSR count). The first-order valence-corrected chi connectivity index (χ1v) is 9.61. The van der Waals surface area contributed by atoms with Crippen LogP contribution >= 0.6 is 11.6 Å². The summed E-state index contributed by atoms with van der Waals surface area (Å²) in [6, 6.07) is 0.839. The molecule has 0 aromatic carbocycles. The quantitative estimate of drug-likeness (QED) is 0.736. The number of amides is 1. The first kappa shape index (κ1) is 19.9. The van der Waals surface area contributed by atoms with Gasteiger partial charge in [0.05, 0.1) is 28.9 Å². The first-order chi connectivity index (χ1) is 13.6. The number of nitrogens with zero attached hydrogens (tertiary/aromatic N) is 5. The van der Waals surface area contributed by atoms with Crippen molar-refractivity contribution in [1.29, 1.82) is 0 Å². The first-order valence-electron chi connectivity index (χ1n) is 9.23. The Morgan fingerprint density at radius 1 is 1.24 bits per heavy atom. The lowest BCUT2D eigenvalue weighted by Crippen LogP contribution is -2.34. The van der Waals surface area contributed by atoms with Crippen molar-refractivity contribution in [2.45, 2.75) is 39.5 Å². The lowest BCUT2D eigenvalue weighted by Gasteiger charge is -2.21. The number of halogens is 4. The number of pyridine rings is 1. The average molecular weight is 426 g/mol. The minimum atomic E-state index is -4.53. The van der Waals surface area contributed by atoms with Gasteiger partial charge in [-0.05, 0) is 37.5 Å². The molecule has 0 saturated carbocycles. The van der Waals surface area contributed by atoms with Crippen LogP contribution in [-0.2, 0) is 24.1 Å². The molecule has 6 nitrogen and oxygen atoms in total. The van der Waals surface area contributed by atoms with Crippen molar-refractivity contribution in [1.82, 2.24) is 19.9 Å². The molecule has 2 aliphatic rings. The molecule has 0 spiro atoms. The van der Waals surface area contributed by atoms with Crippen molar-refractivity contribution >= 4 is 23.5 Å². The monoisotopic (exact) mass is 425 g/mol. The Labute approximate surface area is 170 Å². The van der Waals surface area contributed by atoms with Crippen LogP contribution < -0.4 is 4.90 Å². The normalized spacial score (nSPS) is 19.0. The number of carbonyl (C=O) groups excluding carboxylic acids is 1. The molecule has 0 aliphatic carbocycles. The smallest absolute Gasteiger partial charge is 0.340 e. The van der Waals surface area contributed by atoms with Gasteiger partial charge in [0.15, 0.2) is 0 Å². The summed E-state index contributed by atoms with van der Waals surface area (Å²) in [5.74, 6) is -0.357. The van der Waals surface area contributed by atoms with Gasteiger partial charge in [-0.2, -0.15) is 13.2 Å². The van der Waals surface area contributed by atoms with E-state index in [1.54, 1.807) is 9.80 Å². The van der Waals surface area contributed by atoms with E-state index in [0.717, 1.165) is 34.8 Å². The number of alkyl halides is 3. The third kappa shape index (κ3) is 3.63. The van der Waals surface area contributed by atoms with Crippen LogP contribution in [0.2, 0.25) is 5.02 Å². The zero-order valence-electron chi connectivity index (χ0n) is 15.9. The third-order valence-electron chi connectivity index (χ3n) is 5.51. The highest BCUT2D eigenvalue weighted by molar-refractivity contribution is 6.32. The van der Waals surface area contributed by atoms with Crippen LogP contribution in [0.1, 0.15) is 34.6 Å². The predicted molar refractivity (Wildman–Crippen MR) is 100 cm³/mol. The maximum Gasteiger partial charge on any atom is 0.433 e. The standard InChI is InChI=1S/C19H19ClF3N5O/c1-10-13-8-28(9-14(13)25-11(2)16(10)20)17(29)12-4-6-27(7-12)18-24-5-3-15(26-18)19(21,22)23/h3,5,12H,4,6-9H2,1-2H3. The van der Waals surface area contributed by atoms with E-state index < -0.39 is 11.9 Å². The average Bonchev–Trinajstić information content (AvgIpc) is 3.33. The van der Waals surface area contributed by atoms with Gasteiger partial charge in [-0.1, -0.05) is 11.6 Å². The Morgan fingerprint density at radius 2 is 2.00 bits per heavy atom. The van der Waals surface area contributed by atoms with Gasteiger partial charge in [-0.15, -0.1) is 0 Å². The molecule has 0 radical (unpaired) electrons. The van der Waals surface area contributed by atoms with Gasteiger partial charge in [0.1, 0.15) is 5.69 Å². The van der Waals surface area contributed by atoms with Crippen LogP contribution in [0.15, 0.2) is 12.3 Å². The van der Waals surface area contributed by atoms with E-state index in [-0.39, 0.29) is 17.8 Å². The van der Waals surface area contributed by atoms with Crippen LogP contribution in [0.5, 0.6) is 0 Å². The fourth-order valence-corrected chi connectivity index (χ4v) is 4.08. The number of rotatable bonds is 2. The van der Waals surface area contributed by atoms with E-state index in [1.807, 2.05) is 13.8 Å². The Morgan fingerprint density at radius 3 is 2.72 bits per heavy atom. The maximum absolute atomic E-state index is 13.0. The van der Waals surface area contributed by atoms with E-state index in [9.17, 15) is 18.0 Å². The summed E-state index contributed by atoms with van der Waals surface area (Å²) in [7, 11) is 0. The topological polar surface area (TPSA) is 62.2 Å². The van der Waals surface area contributed by atoms with Crippen molar-refractivity contribution in [3.05, 3.63) is 45.5 Å². The van der Waals surface area contributed by atoms with Gasteiger partial charge in [-0.3, -0.25) is 9.78 Å². The highest BCUT2D eigenvalue weighted by Crippen LogP contribution is 2.33. The van der Waals surface area contributed by atoms with Crippen LogP contribution in [0.4, 0.5) is 19.1 Å². The van der Waals surface area contributed by atoms with Crippen molar-refractivity contribution in [3.8, 4) is 0 Å². The number of hydrogen-bond donors (Lipinski definition) is 0. The van der Waals surface area contributed by atoms with Crippen LogP contribution in [-0.4, -0.2) is 38.8 Å². The van der Waals surface area contributed by atoms with Gasteiger partial charge in [0.2, 0.25) is 11.9 Å². The van der Waals surface area contributed by atoms with E-state index in [0.29, 0.717) is 37.6 Å². The van der Waals surface area contributed by atoms with Crippen LogP contribution in [0.3, 0.4) is 0 Å². The second-order valence-corrected chi connectivity index (χ2v) is 7.80. The number of hydrogen-bond acceptors (Lipinski definition) is 5. The summed E-state index contributed by atoms with van der Waals surface area (Å²) in [4.78, 5) is 28.5. The molecule has 0 N–H and O–H groups in total. The van der Waals surface area contributed by atoms with Crippen LogP contribution in [0, 0.1) is 19.8 Å². The summed E-state index contributed by atoms with van der Waals surface area (Å²) in [5.41, 5.74) is 2.53. The van der Waals surface area contributed by atoms with Crippen molar-refractivity contribution < 1.29 is 18.0 Å². The molecular formula is C19H19ClF3N5O. The molecule has 0 bridgehead atoms. The summed E-state index contributed by atoms with van der Waals surface area (Å²) >= 11 is 6.28. The highest BCUT2D eigenvalue weighted by atomic mass is 35.5. The van der Waals surface area contributed by atoms with E-state index >= 15 is 0 Å². The lowest BCUT2D eigenvalue weighted by molar-refractivity contribution is -0.141. The molecule has 1 fully saturated rings. The summed E-state index contributed by atoms with van der Waals surface area (Å²) in [6.07, 6.45) is -2.90. The third-order valence-corrected chi connectivity index (χ3v) is 6.06. The number of aryl methyl sites for hydroxylation is 1. The molecule has 1 unspecified atom stereocenters. The predicted octanol–water partition coefficient (Wildman–Crippen LogP) is 3.53. The number of fused-ring (bicyclic) bond motifs is 1. The van der Waals surface area contributed by atoms with E-state index in [4.69, 9.17) is 11.6 Å². The Bertz CT molecular complexity index is 981. The molecular weight excluding hydrogens is 407 g/mol. The molecule has 2 aromatic heterocycles. The molecule has 154 valence electrons. The SMILES string of the molecule is Cc1nc2c(c(C)c1Cl)CN(C(=O)C1CCN(c3nccc(C(F)(F)F)n3)C1)C2. The largest absolute Gasteiger partial charge is 0.433 e. The number of carbonyl (C=O) groups is 1. The summed E-state index contributed by atoms with van der Waals surface area (Å²) < 4.78 is 38.7. The van der Waals surface area contributed by atoms with Gasteiger partial charge >= 0.3 is 6.18 Å². The van der Waals surface area contributed by atoms with Crippen molar-refractivity contribution in [2.75, 3.05) is 18.0 Å². The van der Waals surface area contributed by atoms with Crippen molar-refractivity contribution in [3.63, 3.8) is 0 Å². The fourth-order valence-electron chi connectivity index (χ4n) is 3.92. The Hall–Kier alpha value is -2.42. The number of aromatic nitrogens is 3. The van der Waals surface area contributed by atoms with Gasteiger partial charge in [-0.25, -0.2) is 9.97 Å². The molecule has 10 heteroatoms. The summed E-state index contributed by atoms with van der Waals surface area (Å²) in [5, 5.41) is 0.617. The van der Waals surface area contributed by atoms with Gasteiger partial charge in [0, 0.05) is 25.8 Å². The zero-order valence-corrected chi connectivity index (χ0v) is 16.7. The minimum absolute atomic E-state index is 0.000231. The lowest BCUT2D eigenvalue weighted by atomic mass is 10.1. The van der Waals surface area contributed by atoms with Crippen LogP contribution in [0.25, 0.3) is 0 Å². The highest BCUT2D eigenvalue weighted by Gasteiger charge is 2.37. The Kier molecular flexibility index (Phi) is 4.88. The summed E-state index contributed by atoms with van der Waals surface area (Å²) in [6.45, 7) is 5.35. The van der Waals surface area contributed by atoms with Crippen molar-refractivity contribution in [2.24, 2.45) is 5.92 Å². The minimum Gasteiger partial charge on any atom is -0.340 e. The Balaban J connectivity index is 1.46. The second kappa shape index (κ2) is 7.12. The molecule has 4 heterocycles. The maximum atomic E-state index is 13.0. The van der Waals surface area contributed by atoms with Gasteiger partial charge in [0.25, 0.3) is 0 Å². The molecule has 2 aliphatic heterocycles. The molecule has 1 atom stereocenters. The second-order valence-electron chi connectivity index (χ2n) is 7.43. The fraction of sp³-hybridized carbons (Fsp3) is 0.474. The molecule has 2 aromatic rings. The molecule has 1 amide bonds.